The highest BCUT2D eigenvalue weighted by Crippen LogP contribution is 2.47. The van der Waals surface area contributed by atoms with Gasteiger partial charge >= 0.3 is 0 Å². The lowest BCUT2D eigenvalue weighted by molar-refractivity contribution is 0.0193. The summed E-state index contributed by atoms with van der Waals surface area (Å²) >= 11 is 0. The Morgan fingerprint density at radius 2 is 2.00 bits per heavy atom. The van der Waals surface area contributed by atoms with E-state index in [0.717, 1.165) is 42.2 Å². The summed E-state index contributed by atoms with van der Waals surface area (Å²) in [5.41, 5.74) is 3.46. The molecule has 0 bridgehead atoms. The van der Waals surface area contributed by atoms with Crippen LogP contribution in [-0.4, -0.2) is 30.5 Å². The topological polar surface area (TPSA) is 76.3 Å². The Labute approximate surface area is 187 Å². The quantitative estimate of drug-likeness (QED) is 0.634. The highest BCUT2D eigenvalue weighted by Gasteiger charge is 2.46. The van der Waals surface area contributed by atoms with E-state index in [1.165, 1.54) is 0 Å². The molecule has 1 spiro atoms. The second kappa shape index (κ2) is 7.85. The van der Waals surface area contributed by atoms with E-state index in [1.807, 2.05) is 41.0 Å². The molecule has 2 aliphatic rings. The van der Waals surface area contributed by atoms with Gasteiger partial charge in [0, 0.05) is 24.0 Å². The molecule has 0 aliphatic carbocycles. The van der Waals surface area contributed by atoms with E-state index in [2.05, 4.69) is 18.3 Å². The van der Waals surface area contributed by atoms with Crippen LogP contribution in [0.15, 0.2) is 48.5 Å². The molecule has 32 heavy (non-hydrogen) atoms. The number of ketones is 1. The fourth-order valence-electron chi connectivity index (χ4n) is 4.96. The predicted octanol–water partition coefficient (Wildman–Crippen LogP) is 4.12. The van der Waals surface area contributed by atoms with E-state index in [0.29, 0.717) is 35.4 Å². The molecule has 6 nitrogen and oxygen atoms in total. The maximum atomic E-state index is 13.8. The van der Waals surface area contributed by atoms with Crippen molar-refractivity contribution in [3.63, 3.8) is 0 Å². The number of para-hydroxylation sites is 2. The molecule has 0 saturated carbocycles. The number of nitrogens with one attached hydrogen (secondary N) is 1. The van der Waals surface area contributed by atoms with Crippen LogP contribution in [0.2, 0.25) is 0 Å². The van der Waals surface area contributed by atoms with E-state index in [-0.39, 0.29) is 5.78 Å². The van der Waals surface area contributed by atoms with Crippen molar-refractivity contribution in [1.29, 1.82) is 5.26 Å². The van der Waals surface area contributed by atoms with Crippen molar-refractivity contribution in [2.45, 2.75) is 31.8 Å². The van der Waals surface area contributed by atoms with Crippen molar-refractivity contribution in [3.8, 4) is 23.3 Å². The van der Waals surface area contributed by atoms with Gasteiger partial charge in [0.1, 0.15) is 23.3 Å². The zero-order valence-electron chi connectivity index (χ0n) is 18.3. The maximum Gasteiger partial charge on any atom is 0.195 e. The van der Waals surface area contributed by atoms with E-state index in [1.54, 1.807) is 19.2 Å². The molecule has 1 fully saturated rings. The fraction of sp³-hybridized carbons (Fsp3) is 0.308. The Morgan fingerprint density at radius 1 is 1.22 bits per heavy atom. The largest absolute Gasteiger partial charge is 0.496 e. The number of aromatic nitrogens is 1. The van der Waals surface area contributed by atoms with Gasteiger partial charge in [0.2, 0.25) is 0 Å². The molecule has 3 heterocycles. The number of benzene rings is 2. The molecule has 1 N–H and O–H groups in total. The first-order valence-corrected chi connectivity index (χ1v) is 11.0. The summed E-state index contributed by atoms with van der Waals surface area (Å²) in [5.74, 6) is 1.31. The highest BCUT2D eigenvalue weighted by atomic mass is 16.5. The zero-order chi connectivity index (χ0) is 22.3. The summed E-state index contributed by atoms with van der Waals surface area (Å²) in [6, 6.07) is 17.3. The van der Waals surface area contributed by atoms with Crippen LogP contribution in [0.4, 0.5) is 0 Å². The smallest absolute Gasteiger partial charge is 0.195 e. The molecule has 2 aromatic carbocycles. The zero-order valence-corrected chi connectivity index (χ0v) is 18.3. The van der Waals surface area contributed by atoms with Gasteiger partial charge in [-0.2, -0.15) is 5.26 Å². The third kappa shape index (κ3) is 3.01. The average molecular weight is 428 g/mol. The number of aryl methyl sites for hydroxylation is 1. The molecule has 2 aliphatic heterocycles. The van der Waals surface area contributed by atoms with Crippen molar-refractivity contribution in [3.05, 3.63) is 76.6 Å². The lowest BCUT2D eigenvalue weighted by atomic mass is 9.83. The van der Waals surface area contributed by atoms with E-state index < -0.39 is 5.60 Å². The lowest BCUT2D eigenvalue weighted by Crippen LogP contribution is -2.47. The van der Waals surface area contributed by atoms with Crippen molar-refractivity contribution < 1.29 is 14.3 Å². The van der Waals surface area contributed by atoms with Crippen LogP contribution >= 0.6 is 0 Å². The SMILES string of the molecule is CCc1ccc(C(=O)c2cc(C#N)n3c2C2(CCNCC2)Oc2ccccc2-3)cc1OC. The van der Waals surface area contributed by atoms with Crippen LogP contribution in [0.25, 0.3) is 5.69 Å². The Morgan fingerprint density at radius 3 is 2.72 bits per heavy atom. The van der Waals surface area contributed by atoms with Crippen molar-refractivity contribution >= 4 is 5.78 Å². The van der Waals surface area contributed by atoms with Crippen molar-refractivity contribution in [1.82, 2.24) is 9.88 Å². The van der Waals surface area contributed by atoms with Gasteiger partial charge in [-0.25, -0.2) is 0 Å². The summed E-state index contributed by atoms with van der Waals surface area (Å²) in [6.07, 6.45) is 2.25. The van der Waals surface area contributed by atoms with Crippen LogP contribution in [-0.2, 0) is 12.0 Å². The third-order valence-electron chi connectivity index (χ3n) is 6.54. The summed E-state index contributed by atoms with van der Waals surface area (Å²) < 4.78 is 14.0. The Balaban J connectivity index is 1.73. The van der Waals surface area contributed by atoms with Gasteiger partial charge in [0.05, 0.1) is 18.5 Å². The Hall–Kier alpha value is -3.56. The molecule has 0 radical (unpaired) electrons. The first-order chi connectivity index (χ1) is 15.6. The van der Waals surface area contributed by atoms with Crippen LogP contribution in [0.1, 0.15) is 52.6 Å². The molecule has 6 heteroatoms. The molecule has 0 amide bonds. The maximum absolute atomic E-state index is 13.8. The summed E-state index contributed by atoms with van der Waals surface area (Å²) in [5, 5.41) is 13.4. The number of fused-ring (bicyclic) bond motifs is 4. The number of ether oxygens (including phenoxy) is 2. The minimum absolute atomic E-state index is 0.128. The van der Waals surface area contributed by atoms with Gasteiger partial charge in [-0.15, -0.1) is 0 Å². The molecular formula is C26H25N3O3. The van der Waals surface area contributed by atoms with Crippen LogP contribution < -0.4 is 14.8 Å². The molecule has 0 atom stereocenters. The number of piperidine rings is 1. The van der Waals surface area contributed by atoms with Crippen LogP contribution in [0, 0.1) is 11.3 Å². The number of nitrogens with zero attached hydrogens (tertiary/aromatic N) is 2. The molecule has 1 aromatic heterocycles. The van der Waals surface area contributed by atoms with Crippen LogP contribution in [0.5, 0.6) is 11.5 Å². The van der Waals surface area contributed by atoms with Gasteiger partial charge in [-0.3, -0.25) is 9.36 Å². The number of hydrogen-bond acceptors (Lipinski definition) is 5. The van der Waals surface area contributed by atoms with Crippen molar-refractivity contribution in [2.24, 2.45) is 0 Å². The van der Waals surface area contributed by atoms with Gasteiger partial charge < -0.3 is 14.8 Å². The van der Waals surface area contributed by atoms with E-state index in [4.69, 9.17) is 9.47 Å². The summed E-state index contributed by atoms with van der Waals surface area (Å²) in [6.45, 7) is 3.61. The number of carbonyl (C=O) groups is 1. The first-order valence-electron chi connectivity index (χ1n) is 11.0. The highest BCUT2D eigenvalue weighted by molar-refractivity contribution is 6.10. The standard InChI is InChI=1S/C26H25N3O3/c1-3-17-8-9-18(14-23(17)31-2)24(30)20-15-19(16-27)29-21-6-4-5-7-22(21)32-26(25(20)29)10-12-28-13-11-26/h4-9,14-15,28H,3,10-13H2,1-2H3. The average Bonchev–Trinajstić information content (AvgIpc) is 3.25. The van der Waals surface area contributed by atoms with E-state index in [9.17, 15) is 10.1 Å². The predicted molar refractivity (Wildman–Crippen MR) is 121 cm³/mol. The van der Waals surface area contributed by atoms with E-state index >= 15 is 0 Å². The molecule has 3 aromatic rings. The van der Waals surface area contributed by atoms with Gasteiger partial charge in [0.25, 0.3) is 0 Å². The van der Waals surface area contributed by atoms with Gasteiger partial charge in [-0.1, -0.05) is 31.2 Å². The Kier molecular flexibility index (Phi) is 4.99. The monoisotopic (exact) mass is 427 g/mol. The minimum atomic E-state index is -0.660. The molecular weight excluding hydrogens is 402 g/mol. The molecule has 5 rings (SSSR count). The van der Waals surface area contributed by atoms with Gasteiger partial charge in [-0.05, 0) is 49.3 Å². The Bertz CT molecular complexity index is 1250. The second-order valence-electron chi connectivity index (χ2n) is 8.26. The van der Waals surface area contributed by atoms with Crippen LogP contribution in [0.3, 0.4) is 0 Å². The fourth-order valence-corrected chi connectivity index (χ4v) is 4.96. The number of methoxy groups -OCH3 is 1. The van der Waals surface area contributed by atoms with Crippen molar-refractivity contribution in [2.75, 3.05) is 20.2 Å². The normalized spacial score (nSPS) is 15.9. The molecule has 0 unspecified atom stereocenters. The minimum Gasteiger partial charge on any atom is -0.496 e. The lowest BCUT2D eigenvalue weighted by Gasteiger charge is -2.43. The number of hydrogen-bond donors (Lipinski definition) is 1. The summed E-state index contributed by atoms with van der Waals surface area (Å²) in [4.78, 5) is 13.8. The number of carbonyl (C=O) groups excluding carboxylic acids is 1. The van der Waals surface area contributed by atoms with Gasteiger partial charge in [0.15, 0.2) is 11.4 Å². The second-order valence-corrected chi connectivity index (χ2v) is 8.26. The number of nitriles is 1. The molecule has 162 valence electrons. The third-order valence-corrected chi connectivity index (χ3v) is 6.54. The summed E-state index contributed by atoms with van der Waals surface area (Å²) in [7, 11) is 1.62. The first kappa shape index (κ1) is 20.3. The number of rotatable bonds is 4. The molecule has 1 saturated heterocycles.